The highest BCUT2D eigenvalue weighted by molar-refractivity contribution is 4.87. The first-order valence-electron chi connectivity index (χ1n) is 2.78. The molecular weight excluding hydrogens is 88.1 g/mol. The lowest BCUT2D eigenvalue weighted by atomic mass is 9.78. The normalized spacial score (nSPS) is 26.6. The molecule has 0 aromatic heterocycles. The number of hydrogen-bond acceptors (Lipinski definition) is 1. The third kappa shape index (κ3) is 0.778. The van der Waals surface area contributed by atoms with Gasteiger partial charge in [-0.1, -0.05) is 6.92 Å². The third-order valence-electron chi connectivity index (χ3n) is 1.75. The molecule has 0 amide bonds. The van der Waals surface area contributed by atoms with Gasteiger partial charge in [0.25, 0.3) is 0 Å². The van der Waals surface area contributed by atoms with Gasteiger partial charge in [-0.25, -0.2) is 0 Å². The second-order valence-corrected chi connectivity index (χ2v) is 2.33. The van der Waals surface area contributed by atoms with Crippen molar-refractivity contribution in [3.63, 3.8) is 0 Å². The van der Waals surface area contributed by atoms with Crippen LogP contribution in [0.5, 0.6) is 0 Å². The summed E-state index contributed by atoms with van der Waals surface area (Å²) >= 11 is 0. The van der Waals surface area contributed by atoms with Crippen molar-refractivity contribution in [2.24, 2.45) is 0 Å². The van der Waals surface area contributed by atoms with Gasteiger partial charge in [0.15, 0.2) is 0 Å². The topological polar surface area (TPSA) is 20.2 Å². The Hall–Kier alpha value is -0.0400. The zero-order valence-electron chi connectivity index (χ0n) is 4.48. The summed E-state index contributed by atoms with van der Waals surface area (Å²) in [5.74, 6) is 0. The van der Waals surface area contributed by atoms with Crippen LogP contribution in [0.4, 0.5) is 0 Å². The minimum atomic E-state index is -0.347. The zero-order valence-corrected chi connectivity index (χ0v) is 4.48. The van der Waals surface area contributed by atoms with Crippen LogP contribution >= 0.6 is 0 Å². The maximum atomic E-state index is 9.16. The van der Waals surface area contributed by atoms with Crippen molar-refractivity contribution in [3.8, 4) is 0 Å². The van der Waals surface area contributed by atoms with Crippen LogP contribution in [-0.2, 0) is 0 Å². The number of rotatable bonds is 1. The molecule has 1 saturated carbocycles. The molecule has 0 spiro atoms. The molecule has 1 aliphatic rings. The molecule has 7 heavy (non-hydrogen) atoms. The molecule has 0 atom stereocenters. The molecule has 1 aliphatic carbocycles. The lowest BCUT2D eigenvalue weighted by Gasteiger charge is -2.35. The van der Waals surface area contributed by atoms with Gasteiger partial charge in [0.1, 0.15) is 0 Å². The number of aliphatic hydroxyl groups is 1. The summed E-state index contributed by atoms with van der Waals surface area (Å²) in [4.78, 5) is 0. The van der Waals surface area contributed by atoms with Crippen molar-refractivity contribution in [1.29, 1.82) is 0 Å². The van der Waals surface area contributed by atoms with Crippen molar-refractivity contribution in [2.45, 2.75) is 31.3 Å². The largest absolute Gasteiger partial charge is 0.390 e. The van der Waals surface area contributed by atoms with E-state index in [4.69, 9.17) is 5.11 Å². The number of hydrogen-bond donors (Lipinski definition) is 1. The molecule has 0 heterocycles. The molecular formula is C6H11O. The van der Waals surface area contributed by atoms with Gasteiger partial charge in [-0.15, -0.1) is 0 Å². The lowest BCUT2D eigenvalue weighted by molar-refractivity contribution is -0.0305. The first-order chi connectivity index (χ1) is 3.27. The fourth-order valence-corrected chi connectivity index (χ4v) is 0.835. The minimum Gasteiger partial charge on any atom is -0.390 e. The Morgan fingerprint density at radius 2 is 2.14 bits per heavy atom. The second kappa shape index (κ2) is 1.48. The van der Waals surface area contributed by atoms with Crippen molar-refractivity contribution in [2.75, 3.05) is 0 Å². The highest BCUT2D eigenvalue weighted by atomic mass is 16.3. The molecule has 0 bridgehead atoms. The summed E-state index contributed by atoms with van der Waals surface area (Å²) < 4.78 is 0. The molecule has 1 radical (unpaired) electrons. The fraction of sp³-hybridized carbons (Fsp3) is 0.833. The van der Waals surface area contributed by atoms with E-state index in [9.17, 15) is 0 Å². The van der Waals surface area contributed by atoms with E-state index in [1.807, 2.05) is 0 Å². The van der Waals surface area contributed by atoms with Crippen LogP contribution in [0.25, 0.3) is 0 Å². The van der Waals surface area contributed by atoms with Gasteiger partial charge in [-0.05, 0) is 25.7 Å². The van der Waals surface area contributed by atoms with Crippen LogP contribution < -0.4 is 0 Å². The molecule has 0 aromatic rings. The molecule has 1 fully saturated rings. The summed E-state index contributed by atoms with van der Waals surface area (Å²) in [6.45, 7) is 3.63. The van der Waals surface area contributed by atoms with E-state index >= 15 is 0 Å². The van der Waals surface area contributed by atoms with Gasteiger partial charge in [0.2, 0.25) is 0 Å². The van der Waals surface area contributed by atoms with Crippen molar-refractivity contribution in [1.82, 2.24) is 0 Å². The molecule has 1 heteroatoms. The summed E-state index contributed by atoms with van der Waals surface area (Å²) in [6, 6.07) is 0. The highest BCUT2D eigenvalue weighted by Gasteiger charge is 2.31. The van der Waals surface area contributed by atoms with Crippen LogP contribution in [0, 0.1) is 6.92 Å². The highest BCUT2D eigenvalue weighted by Crippen LogP contribution is 2.33. The smallest absolute Gasteiger partial charge is 0.0647 e. The standard InChI is InChI=1S/C6H11O/c1-2-6(7)4-3-5-6/h7H,1-5H2. The quantitative estimate of drug-likeness (QED) is 0.522. The molecule has 0 saturated heterocycles. The Labute approximate surface area is 44.4 Å². The van der Waals surface area contributed by atoms with E-state index < -0.39 is 0 Å². The van der Waals surface area contributed by atoms with Crippen molar-refractivity contribution in [3.05, 3.63) is 6.92 Å². The maximum absolute atomic E-state index is 9.16. The summed E-state index contributed by atoms with van der Waals surface area (Å²) in [7, 11) is 0. The lowest BCUT2D eigenvalue weighted by Crippen LogP contribution is -2.35. The van der Waals surface area contributed by atoms with Gasteiger partial charge >= 0.3 is 0 Å². The Bertz CT molecular complexity index is 59.1. The zero-order chi connectivity index (χ0) is 5.33. The van der Waals surface area contributed by atoms with E-state index in [-0.39, 0.29) is 5.60 Å². The summed E-state index contributed by atoms with van der Waals surface area (Å²) in [5.41, 5.74) is -0.347. The van der Waals surface area contributed by atoms with Crippen molar-refractivity contribution >= 4 is 0 Å². The van der Waals surface area contributed by atoms with Gasteiger partial charge in [0.05, 0.1) is 5.60 Å². The maximum Gasteiger partial charge on any atom is 0.0647 e. The molecule has 41 valence electrons. The van der Waals surface area contributed by atoms with E-state index in [0.29, 0.717) is 6.42 Å². The van der Waals surface area contributed by atoms with Gasteiger partial charge in [-0.3, -0.25) is 0 Å². The van der Waals surface area contributed by atoms with Gasteiger partial charge in [0, 0.05) is 0 Å². The molecule has 1 rings (SSSR count). The van der Waals surface area contributed by atoms with Crippen LogP contribution in [0.3, 0.4) is 0 Å². The summed E-state index contributed by atoms with van der Waals surface area (Å²) in [6.07, 6.45) is 3.81. The van der Waals surface area contributed by atoms with E-state index in [1.165, 1.54) is 6.42 Å². The van der Waals surface area contributed by atoms with Crippen LogP contribution in [-0.4, -0.2) is 10.7 Å². The van der Waals surface area contributed by atoms with Gasteiger partial charge in [-0.2, -0.15) is 0 Å². The van der Waals surface area contributed by atoms with Crippen LogP contribution in [0.2, 0.25) is 0 Å². The fourth-order valence-electron chi connectivity index (χ4n) is 0.835. The average Bonchev–Trinajstić information content (AvgIpc) is 1.61. The Morgan fingerprint density at radius 3 is 2.14 bits per heavy atom. The monoisotopic (exact) mass is 99.1 g/mol. The molecule has 0 unspecified atom stereocenters. The minimum absolute atomic E-state index is 0.347. The molecule has 1 N–H and O–H groups in total. The van der Waals surface area contributed by atoms with Gasteiger partial charge < -0.3 is 5.11 Å². The summed E-state index contributed by atoms with van der Waals surface area (Å²) in [5, 5.41) is 9.16. The predicted molar refractivity (Wildman–Crippen MR) is 28.8 cm³/mol. The second-order valence-electron chi connectivity index (χ2n) is 2.33. The Kier molecular flexibility index (Phi) is 1.08. The average molecular weight is 99.2 g/mol. The molecule has 0 aromatic carbocycles. The molecule has 0 aliphatic heterocycles. The van der Waals surface area contributed by atoms with E-state index in [0.717, 1.165) is 12.8 Å². The first kappa shape index (κ1) is 5.10. The first-order valence-corrected chi connectivity index (χ1v) is 2.78. The SMILES string of the molecule is [CH2]CC1(O)CCC1. The van der Waals surface area contributed by atoms with Crippen LogP contribution in [0.1, 0.15) is 25.7 Å². The van der Waals surface area contributed by atoms with E-state index in [2.05, 4.69) is 6.92 Å². The molecule has 1 nitrogen and oxygen atoms in total. The van der Waals surface area contributed by atoms with Crippen LogP contribution in [0.15, 0.2) is 0 Å². The Morgan fingerprint density at radius 1 is 1.57 bits per heavy atom. The predicted octanol–water partition coefficient (Wildman–Crippen LogP) is 1.13. The van der Waals surface area contributed by atoms with Crippen molar-refractivity contribution < 1.29 is 5.11 Å². The third-order valence-corrected chi connectivity index (χ3v) is 1.75. The van der Waals surface area contributed by atoms with E-state index in [1.54, 1.807) is 0 Å². The Balaban J connectivity index is 2.29.